The van der Waals surface area contributed by atoms with Gasteiger partial charge in [-0.15, -0.1) is 0 Å². The smallest absolute Gasteiger partial charge is 0.258 e. The third kappa shape index (κ3) is 2.21. The average molecular weight is 297 g/mol. The summed E-state index contributed by atoms with van der Waals surface area (Å²) in [5.41, 5.74) is 2.81. The van der Waals surface area contributed by atoms with Crippen molar-refractivity contribution in [3.05, 3.63) is 59.2 Å². The largest absolute Gasteiger partial charge is 0.493 e. The molecular weight excluding hydrogens is 278 g/mol. The van der Waals surface area contributed by atoms with Crippen molar-refractivity contribution in [3.63, 3.8) is 0 Å². The first-order valence-electron chi connectivity index (χ1n) is 7.23. The van der Waals surface area contributed by atoms with E-state index >= 15 is 0 Å². The molecule has 1 aliphatic heterocycles. The Kier molecular flexibility index (Phi) is 3.75. The fourth-order valence-corrected chi connectivity index (χ4v) is 3.05. The zero-order chi connectivity index (χ0) is 15.7. The standard InChI is InChI=1S/C18H19NO3/c1-19-14(11-12-7-5-4-6-8-12)13-9-10-15(21-2)17(22-3)16(13)18(19)20/h4-10,14H,11H2,1-3H3. The van der Waals surface area contributed by atoms with E-state index < -0.39 is 0 Å². The average Bonchev–Trinajstić information content (AvgIpc) is 2.80. The molecule has 1 unspecified atom stereocenters. The lowest BCUT2D eigenvalue weighted by atomic mass is 9.97. The Morgan fingerprint density at radius 3 is 2.41 bits per heavy atom. The number of hydrogen-bond donors (Lipinski definition) is 0. The van der Waals surface area contributed by atoms with Crippen molar-refractivity contribution in [2.45, 2.75) is 12.5 Å². The monoisotopic (exact) mass is 297 g/mol. The highest BCUT2D eigenvalue weighted by molar-refractivity contribution is 6.02. The minimum absolute atomic E-state index is 0.0182. The molecule has 2 aromatic carbocycles. The molecule has 22 heavy (non-hydrogen) atoms. The zero-order valence-electron chi connectivity index (χ0n) is 13.0. The van der Waals surface area contributed by atoms with Crippen LogP contribution in [0.15, 0.2) is 42.5 Å². The van der Waals surface area contributed by atoms with E-state index in [4.69, 9.17) is 9.47 Å². The van der Waals surface area contributed by atoms with Crippen LogP contribution in [0.25, 0.3) is 0 Å². The summed E-state index contributed by atoms with van der Waals surface area (Å²) < 4.78 is 10.7. The normalized spacial score (nSPS) is 16.6. The van der Waals surface area contributed by atoms with Gasteiger partial charge in [-0.25, -0.2) is 0 Å². The predicted molar refractivity (Wildman–Crippen MR) is 84.5 cm³/mol. The highest BCUT2D eigenvalue weighted by atomic mass is 16.5. The molecular formula is C18H19NO3. The minimum Gasteiger partial charge on any atom is -0.493 e. The maximum atomic E-state index is 12.6. The second-order valence-electron chi connectivity index (χ2n) is 5.39. The minimum atomic E-state index is -0.0216. The van der Waals surface area contributed by atoms with E-state index in [9.17, 15) is 4.79 Å². The van der Waals surface area contributed by atoms with Crippen LogP contribution in [0.1, 0.15) is 27.5 Å². The number of amides is 1. The first-order chi connectivity index (χ1) is 10.7. The summed E-state index contributed by atoms with van der Waals surface area (Å²) in [4.78, 5) is 14.4. The van der Waals surface area contributed by atoms with Gasteiger partial charge in [-0.05, 0) is 23.6 Å². The molecule has 0 saturated heterocycles. The highest BCUT2D eigenvalue weighted by Gasteiger charge is 2.37. The lowest BCUT2D eigenvalue weighted by molar-refractivity contribution is 0.0771. The summed E-state index contributed by atoms with van der Waals surface area (Å²) in [5.74, 6) is 1.09. The third-order valence-electron chi connectivity index (χ3n) is 4.21. The van der Waals surface area contributed by atoms with Crippen molar-refractivity contribution in [1.82, 2.24) is 4.90 Å². The van der Waals surface area contributed by atoms with Crippen molar-refractivity contribution >= 4 is 5.91 Å². The fourth-order valence-electron chi connectivity index (χ4n) is 3.05. The number of likely N-dealkylation sites (N-methyl/N-ethyl adjacent to an activating group) is 1. The van der Waals surface area contributed by atoms with Crippen molar-refractivity contribution < 1.29 is 14.3 Å². The van der Waals surface area contributed by atoms with Gasteiger partial charge in [-0.2, -0.15) is 0 Å². The van der Waals surface area contributed by atoms with Crippen LogP contribution >= 0.6 is 0 Å². The van der Waals surface area contributed by atoms with E-state index in [1.807, 2.05) is 37.4 Å². The molecule has 1 atom stereocenters. The van der Waals surface area contributed by atoms with Gasteiger partial charge in [0.2, 0.25) is 0 Å². The molecule has 2 aromatic rings. The fraction of sp³-hybridized carbons (Fsp3) is 0.278. The van der Waals surface area contributed by atoms with E-state index in [0.29, 0.717) is 17.1 Å². The molecule has 114 valence electrons. The van der Waals surface area contributed by atoms with Gasteiger partial charge in [0, 0.05) is 7.05 Å². The van der Waals surface area contributed by atoms with Gasteiger partial charge in [-0.1, -0.05) is 36.4 Å². The molecule has 4 heteroatoms. The Hall–Kier alpha value is -2.49. The Balaban J connectivity index is 2.05. The molecule has 0 bridgehead atoms. The van der Waals surface area contributed by atoms with E-state index in [1.165, 1.54) is 5.56 Å². The number of rotatable bonds is 4. The number of fused-ring (bicyclic) bond motifs is 1. The number of methoxy groups -OCH3 is 2. The molecule has 0 aliphatic carbocycles. The molecule has 0 aromatic heterocycles. The lowest BCUT2D eigenvalue weighted by Crippen LogP contribution is -2.24. The topological polar surface area (TPSA) is 38.8 Å². The number of hydrogen-bond acceptors (Lipinski definition) is 3. The van der Waals surface area contributed by atoms with Crippen molar-refractivity contribution in [2.75, 3.05) is 21.3 Å². The maximum absolute atomic E-state index is 12.6. The summed E-state index contributed by atoms with van der Waals surface area (Å²) in [7, 11) is 4.98. The Morgan fingerprint density at radius 1 is 1.05 bits per heavy atom. The number of ether oxygens (including phenoxy) is 2. The van der Waals surface area contributed by atoms with E-state index in [1.54, 1.807) is 19.1 Å². The zero-order valence-corrected chi connectivity index (χ0v) is 13.0. The van der Waals surface area contributed by atoms with Gasteiger partial charge in [0.25, 0.3) is 5.91 Å². The van der Waals surface area contributed by atoms with Gasteiger partial charge < -0.3 is 14.4 Å². The predicted octanol–water partition coefficient (Wildman–Crippen LogP) is 3.07. The van der Waals surface area contributed by atoms with Gasteiger partial charge >= 0.3 is 0 Å². The first-order valence-corrected chi connectivity index (χ1v) is 7.23. The number of nitrogens with zero attached hydrogens (tertiary/aromatic N) is 1. The summed E-state index contributed by atoms with van der Waals surface area (Å²) in [6.45, 7) is 0. The number of carbonyl (C=O) groups excluding carboxylic acids is 1. The second-order valence-corrected chi connectivity index (χ2v) is 5.39. The number of carbonyl (C=O) groups is 1. The Bertz CT molecular complexity index is 697. The summed E-state index contributed by atoms with van der Waals surface area (Å²) in [5, 5.41) is 0. The molecule has 0 spiro atoms. The molecule has 1 aliphatic rings. The molecule has 4 nitrogen and oxygen atoms in total. The Labute approximate surface area is 130 Å². The van der Waals surface area contributed by atoms with Crippen LogP contribution in [0, 0.1) is 0 Å². The van der Waals surface area contributed by atoms with Crippen LogP contribution < -0.4 is 9.47 Å². The van der Waals surface area contributed by atoms with Gasteiger partial charge in [-0.3, -0.25) is 4.79 Å². The van der Waals surface area contributed by atoms with Crippen molar-refractivity contribution in [1.29, 1.82) is 0 Å². The van der Waals surface area contributed by atoms with Crippen LogP contribution in [0.5, 0.6) is 11.5 Å². The van der Waals surface area contributed by atoms with E-state index in [2.05, 4.69) is 12.1 Å². The molecule has 3 rings (SSSR count). The first kappa shape index (κ1) is 14.4. The van der Waals surface area contributed by atoms with Gasteiger partial charge in [0.1, 0.15) is 0 Å². The van der Waals surface area contributed by atoms with Gasteiger partial charge in [0.15, 0.2) is 11.5 Å². The molecule has 0 N–H and O–H groups in total. The van der Waals surface area contributed by atoms with Crippen molar-refractivity contribution in [3.8, 4) is 11.5 Å². The van der Waals surface area contributed by atoms with E-state index in [0.717, 1.165) is 12.0 Å². The van der Waals surface area contributed by atoms with Crippen LogP contribution in [-0.4, -0.2) is 32.1 Å². The maximum Gasteiger partial charge on any atom is 0.258 e. The molecule has 0 radical (unpaired) electrons. The van der Waals surface area contributed by atoms with Crippen LogP contribution in [0.4, 0.5) is 0 Å². The summed E-state index contributed by atoms with van der Waals surface area (Å²) in [6, 6.07) is 14.0. The number of benzene rings is 2. The van der Waals surface area contributed by atoms with Crippen LogP contribution in [0.3, 0.4) is 0 Å². The van der Waals surface area contributed by atoms with Crippen LogP contribution in [0.2, 0.25) is 0 Å². The molecule has 1 amide bonds. The molecule has 0 fully saturated rings. The van der Waals surface area contributed by atoms with Crippen LogP contribution in [-0.2, 0) is 6.42 Å². The molecule has 0 saturated carbocycles. The van der Waals surface area contributed by atoms with Gasteiger partial charge in [0.05, 0.1) is 25.8 Å². The highest BCUT2D eigenvalue weighted by Crippen LogP contribution is 2.43. The molecule has 1 heterocycles. The third-order valence-corrected chi connectivity index (χ3v) is 4.21. The second kappa shape index (κ2) is 5.72. The summed E-state index contributed by atoms with van der Waals surface area (Å²) in [6.07, 6.45) is 0.783. The Morgan fingerprint density at radius 2 is 1.77 bits per heavy atom. The van der Waals surface area contributed by atoms with Crippen molar-refractivity contribution in [2.24, 2.45) is 0 Å². The quantitative estimate of drug-likeness (QED) is 0.870. The SMILES string of the molecule is COc1ccc2c(c1OC)C(=O)N(C)C2Cc1ccccc1. The summed E-state index contributed by atoms with van der Waals surface area (Å²) >= 11 is 0. The van der Waals surface area contributed by atoms with E-state index in [-0.39, 0.29) is 11.9 Å². The lowest BCUT2D eigenvalue weighted by Gasteiger charge is -2.20.